The number of benzene rings is 1. The molecule has 0 bridgehead atoms. The van der Waals surface area contributed by atoms with Gasteiger partial charge >= 0.3 is 0 Å². The molecule has 1 aromatic carbocycles. The lowest BCUT2D eigenvalue weighted by atomic mass is 10.1. The minimum Gasteiger partial charge on any atom is -0.493 e. The Morgan fingerprint density at radius 3 is 3.20 bits per heavy atom. The first kappa shape index (κ1) is 10.5. The first-order valence-corrected chi connectivity index (χ1v) is 5.38. The fourth-order valence-corrected chi connectivity index (χ4v) is 1.71. The summed E-state index contributed by atoms with van der Waals surface area (Å²) in [6.45, 7) is 3.75. The van der Waals surface area contributed by atoms with Gasteiger partial charge in [-0.2, -0.15) is 0 Å². The Morgan fingerprint density at radius 1 is 1.53 bits per heavy atom. The minimum absolute atomic E-state index is 0.148. The normalized spacial score (nSPS) is 15.9. The molecule has 0 amide bonds. The van der Waals surface area contributed by atoms with E-state index in [9.17, 15) is 0 Å². The molecular weight excluding hydrogens is 190 g/mol. The van der Waals surface area contributed by atoms with Crippen molar-refractivity contribution >= 4 is 0 Å². The lowest BCUT2D eigenvalue weighted by Crippen LogP contribution is -2.28. The summed E-state index contributed by atoms with van der Waals surface area (Å²) in [6.07, 6.45) is 1.01. The molecule has 2 rings (SSSR count). The maximum absolute atomic E-state index is 8.89. The zero-order valence-corrected chi connectivity index (χ0v) is 8.99. The van der Waals surface area contributed by atoms with Gasteiger partial charge in [-0.25, -0.2) is 0 Å². The molecule has 0 aromatic heterocycles. The van der Waals surface area contributed by atoms with Crippen molar-refractivity contribution in [3.05, 3.63) is 29.3 Å². The third-order valence-corrected chi connectivity index (χ3v) is 2.68. The largest absolute Gasteiger partial charge is 0.493 e. The van der Waals surface area contributed by atoms with E-state index in [1.165, 1.54) is 11.1 Å². The highest BCUT2D eigenvalue weighted by molar-refractivity contribution is 5.39. The Labute approximate surface area is 90.1 Å². The SMILES string of the molecule is CC(CO)NCc1ccc2c(c1)CCO2. The van der Waals surface area contributed by atoms with E-state index in [1.807, 2.05) is 13.0 Å². The molecule has 1 aromatic rings. The van der Waals surface area contributed by atoms with Crippen molar-refractivity contribution in [3.8, 4) is 5.75 Å². The smallest absolute Gasteiger partial charge is 0.122 e. The van der Waals surface area contributed by atoms with Gasteiger partial charge in [0.05, 0.1) is 13.2 Å². The summed E-state index contributed by atoms with van der Waals surface area (Å²) in [5.74, 6) is 1.02. The first-order valence-electron chi connectivity index (χ1n) is 5.38. The molecule has 0 aliphatic carbocycles. The second-order valence-corrected chi connectivity index (χ2v) is 4.01. The quantitative estimate of drug-likeness (QED) is 0.776. The molecule has 3 nitrogen and oxygen atoms in total. The zero-order chi connectivity index (χ0) is 10.7. The lowest BCUT2D eigenvalue weighted by Gasteiger charge is -2.11. The second-order valence-electron chi connectivity index (χ2n) is 4.01. The van der Waals surface area contributed by atoms with Crippen molar-refractivity contribution in [2.24, 2.45) is 0 Å². The summed E-state index contributed by atoms with van der Waals surface area (Å²) in [6, 6.07) is 6.43. The predicted octanol–water partition coefficient (Wildman–Crippen LogP) is 1.09. The van der Waals surface area contributed by atoms with Gasteiger partial charge in [0.25, 0.3) is 0 Å². The Morgan fingerprint density at radius 2 is 2.40 bits per heavy atom. The summed E-state index contributed by atoms with van der Waals surface area (Å²) < 4.78 is 5.44. The van der Waals surface area contributed by atoms with Crippen LogP contribution in [0.25, 0.3) is 0 Å². The average molecular weight is 207 g/mol. The molecule has 0 fully saturated rings. The number of aliphatic hydroxyl groups excluding tert-OH is 1. The maximum Gasteiger partial charge on any atom is 0.122 e. The Hall–Kier alpha value is -1.06. The summed E-state index contributed by atoms with van der Waals surface area (Å²) in [7, 11) is 0. The topological polar surface area (TPSA) is 41.5 Å². The number of hydrogen-bond donors (Lipinski definition) is 2. The van der Waals surface area contributed by atoms with Crippen LogP contribution in [0.5, 0.6) is 5.75 Å². The molecule has 1 aliphatic rings. The van der Waals surface area contributed by atoms with Gasteiger partial charge < -0.3 is 15.2 Å². The molecule has 2 N–H and O–H groups in total. The average Bonchev–Trinajstić information content (AvgIpc) is 2.72. The lowest BCUT2D eigenvalue weighted by molar-refractivity contribution is 0.251. The monoisotopic (exact) mass is 207 g/mol. The van der Waals surface area contributed by atoms with E-state index in [4.69, 9.17) is 9.84 Å². The van der Waals surface area contributed by atoms with E-state index in [0.717, 1.165) is 25.3 Å². The van der Waals surface area contributed by atoms with Gasteiger partial charge in [0.2, 0.25) is 0 Å². The number of fused-ring (bicyclic) bond motifs is 1. The molecule has 0 saturated heterocycles. The number of rotatable bonds is 4. The molecule has 1 unspecified atom stereocenters. The van der Waals surface area contributed by atoms with Crippen LogP contribution in [0.1, 0.15) is 18.1 Å². The predicted molar refractivity (Wildman–Crippen MR) is 59.0 cm³/mol. The van der Waals surface area contributed by atoms with Crippen LogP contribution < -0.4 is 10.1 Å². The highest BCUT2D eigenvalue weighted by atomic mass is 16.5. The van der Waals surface area contributed by atoms with Crippen molar-refractivity contribution in [1.29, 1.82) is 0 Å². The Kier molecular flexibility index (Phi) is 3.23. The summed E-state index contributed by atoms with van der Waals surface area (Å²) in [5, 5.41) is 12.1. The molecule has 15 heavy (non-hydrogen) atoms. The van der Waals surface area contributed by atoms with Gasteiger partial charge in [-0.05, 0) is 24.1 Å². The van der Waals surface area contributed by atoms with Crippen LogP contribution in [0.3, 0.4) is 0 Å². The summed E-state index contributed by atoms with van der Waals surface area (Å²) in [5.41, 5.74) is 2.55. The van der Waals surface area contributed by atoms with E-state index in [0.29, 0.717) is 0 Å². The molecule has 1 aliphatic heterocycles. The third kappa shape index (κ3) is 2.49. The van der Waals surface area contributed by atoms with Crippen LogP contribution in [0.15, 0.2) is 18.2 Å². The zero-order valence-electron chi connectivity index (χ0n) is 8.99. The van der Waals surface area contributed by atoms with Gasteiger partial charge in [-0.15, -0.1) is 0 Å². The van der Waals surface area contributed by atoms with E-state index in [-0.39, 0.29) is 12.6 Å². The third-order valence-electron chi connectivity index (χ3n) is 2.68. The Balaban J connectivity index is 1.98. The van der Waals surface area contributed by atoms with E-state index >= 15 is 0 Å². The molecule has 0 radical (unpaired) electrons. The molecular formula is C12H17NO2. The van der Waals surface area contributed by atoms with E-state index in [1.54, 1.807) is 0 Å². The highest BCUT2D eigenvalue weighted by Gasteiger charge is 2.11. The molecule has 82 valence electrons. The Bertz CT molecular complexity index is 338. The molecule has 0 saturated carbocycles. The van der Waals surface area contributed by atoms with E-state index in [2.05, 4.69) is 17.4 Å². The van der Waals surface area contributed by atoms with Crippen molar-refractivity contribution in [1.82, 2.24) is 5.32 Å². The van der Waals surface area contributed by atoms with Crippen LogP contribution in [-0.4, -0.2) is 24.4 Å². The molecule has 1 atom stereocenters. The van der Waals surface area contributed by atoms with Crippen molar-refractivity contribution in [2.45, 2.75) is 25.9 Å². The second kappa shape index (κ2) is 4.64. The maximum atomic E-state index is 8.89. The fraction of sp³-hybridized carbons (Fsp3) is 0.500. The molecule has 0 spiro atoms. The number of hydrogen-bond acceptors (Lipinski definition) is 3. The number of nitrogens with one attached hydrogen (secondary N) is 1. The molecule has 3 heteroatoms. The van der Waals surface area contributed by atoms with Gasteiger partial charge in [0.15, 0.2) is 0 Å². The fourth-order valence-electron chi connectivity index (χ4n) is 1.71. The standard InChI is InChI=1S/C12H17NO2/c1-9(8-14)13-7-10-2-3-12-11(6-10)4-5-15-12/h2-3,6,9,13-14H,4-5,7-8H2,1H3. The van der Waals surface area contributed by atoms with Crippen LogP contribution in [0.4, 0.5) is 0 Å². The van der Waals surface area contributed by atoms with E-state index < -0.39 is 0 Å². The number of aliphatic hydroxyl groups is 1. The van der Waals surface area contributed by atoms with Crippen LogP contribution in [0, 0.1) is 0 Å². The molecule has 1 heterocycles. The number of ether oxygens (including phenoxy) is 1. The first-order chi connectivity index (χ1) is 7.29. The summed E-state index contributed by atoms with van der Waals surface area (Å²) in [4.78, 5) is 0. The van der Waals surface area contributed by atoms with Crippen LogP contribution in [-0.2, 0) is 13.0 Å². The van der Waals surface area contributed by atoms with Gasteiger partial charge in [0.1, 0.15) is 5.75 Å². The van der Waals surface area contributed by atoms with Gasteiger partial charge in [0, 0.05) is 19.0 Å². The van der Waals surface area contributed by atoms with Gasteiger partial charge in [-0.1, -0.05) is 12.1 Å². The van der Waals surface area contributed by atoms with Gasteiger partial charge in [-0.3, -0.25) is 0 Å². The van der Waals surface area contributed by atoms with Crippen molar-refractivity contribution in [2.75, 3.05) is 13.2 Å². The minimum atomic E-state index is 0.148. The van der Waals surface area contributed by atoms with Crippen molar-refractivity contribution in [3.63, 3.8) is 0 Å². The summed E-state index contributed by atoms with van der Waals surface area (Å²) >= 11 is 0. The highest BCUT2D eigenvalue weighted by Crippen LogP contribution is 2.25. The van der Waals surface area contributed by atoms with Crippen LogP contribution >= 0.6 is 0 Å². The van der Waals surface area contributed by atoms with Crippen LogP contribution in [0.2, 0.25) is 0 Å². The van der Waals surface area contributed by atoms with Crippen molar-refractivity contribution < 1.29 is 9.84 Å².